The van der Waals surface area contributed by atoms with Crippen LogP contribution >= 0.6 is 0 Å². The molecule has 0 spiro atoms. The highest BCUT2D eigenvalue weighted by Crippen LogP contribution is 2.22. The van der Waals surface area contributed by atoms with E-state index >= 15 is 0 Å². The van der Waals surface area contributed by atoms with E-state index in [1.165, 1.54) is 28.6 Å². The summed E-state index contributed by atoms with van der Waals surface area (Å²) in [4.78, 5) is 21.9. The molecule has 0 radical (unpaired) electrons. The quantitative estimate of drug-likeness (QED) is 0.788. The molecule has 8 heteroatoms. The Balaban J connectivity index is 2.01. The number of sulfonamides is 1. The molecule has 0 aliphatic carbocycles. The van der Waals surface area contributed by atoms with Crippen LogP contribution in [0.3, 0.4) is 0 Å². The first-order valence-electron chi connectivity index (χ1n) is 6.99. The van der Waals surface area contributed by atoms with Gasteiger partial charge in [0.2, 0.25) is 15.9 Å². The van der Waals surface area contributed by atoms with Crippen molar-refractivity contribution in [2.75, 3.05) is 18.4 Å². The van der Waals surface area contributed by atoms with E-state index in [9.17, 15) is 23.1 Å². The Kier molecular flexibility index (Phi) is 5.15. The molecule has 1 aromatic rings. The molecular formula is C14H17N2O5S-. The highest BCUT2D eigenvalue weighted by Gasteiger charge is 2.26. The number of hydrogen-bond acceptors (Lipinski definition) is 5. The van der Waals surface area contributed by atoms with E-state index in [0.717, 1.165) is 12.8 Å². The van der Waals surface area contributed by atoms with Gasteiger partial charge < -0.3 is 15.2 Å². The van der Waals surface area contributed by atoms with E-state index in [4.69, 9.17) is 0 Å². The molecule has 0 bridgehead atoms. The van der Waals surface area contributed by atoms with Crippen LogP contribution in [0.15, 0.2) is 29.2 Å². The van der Waals surface area contributed by atoms with E-state index < -0.39 is 21.9 Å². The van der Waals surface area contributed by atoms with Crippen LogP contribution < -0.4 is 10.4 Å². The summed E-state index contributed by atoms with van der Waals surface area (Å²) < 4.78 is 26.1. The van der Waals surface area contributed by atoms with Gasteiger partial charge in [-0.2, -0.15) is 4.31 Å². The smallest absolute Gasteiger partial charge is 0.243 e. The molecule has 1 heterocycles. The minimum absolute atomic E-state index is 0.183. The lowest BCUT2D eigenvalue weighted by atomic mass is 10.2. The summed E-state index contributed by atoms with van der Waals surface area (Å²) in [7, 11) is -3.47. The SMILES string of the molecule is O=C([O-])CCC(=O)Nc1ccc(S(=O)(=O)N2CCCC2)cc1. The molecule has 1 fully saturated rings. The topological polar surface area (TPSA) is 107 Å². The highest BCUT2D eigenvalue weighted by molar-refractivity contribution is 7.89. The van der Waals surface area contributed by atoms with Crippen LogP contribution in [0, 0.1) is 0 Å². The second-order valence-electron chi connectivity index (χ2n) is 5.06. The van der Waals surface area contributed by atoms with Gasteiger partial charge in [0.05, 0.1) is 4.90 Å². The van der Waals surface area contributed by atoms with Gasteiger partial charge in [-0.15, -0.1) is 0 Å². The number of aliphatic carboxylic acids is 1. The Morgan fingerprint density at radius 3 is 2.23 bits per heavy atom. The van der Waals surface area contributed by atoms with Crippen LogP contribution in [-0.2, 0) is 19.6 Å². The molecule has 1 aliphatic rings. The molecule has 0 atom stereocenters. The number of hydrogen-bond donors (Lipinski definition) is 1. The highest BCUT2D eigenvalue weighted by atomic mass is 32.2. The molecule has 7 nitrogen and oxygen atoms in total. The molecule has 120 valence electrons. The molecule has 1 aliphatic heterocycles. The van der Waals surface area contributed by atoms with Crippen molar-refractivity contribution < 1.29 is 23.1 Å². The summed E-state index contributed by atoms with van der Waals surface area (Å²) in [6.45, 7) is 1.06. The lowest BCUT2D eigenvalue weighted by Crippen LogP contribution is -2.27. The van der Waals surface area contributed by atoms with Crippen LogP contribution in [-0.4, -0.2) is 37.7 Å². The van der Waals surface area contributed by atoms with Gasteiger partial charge in [0.15, 0.2) is 0 Å². The first kappa shape index (κ1) is 16.4. The van der Waals surface area contributed by atoms with E-state index in [0.29, 0.717) is 18.8 Å². The number of nitrogens with one attached hydrogen (secondary N) is 1. The third-order valence-electron chi connectivity index (χ3n) is 3.40. The van der Waals surface area contributed by atoms with Gasteiger partial charge in [-0.05, 0) is 43.5 Å². The van der Waals surface area contributed by atoms with E-state index in [2.05, 4.69) is 5.32 Å². The molecular weight excluding hydrogens is 308 g/mol. The second kappa shape index (κ2) is 6.89. The normalized spacial score (nSPS) is 15.6. The molecule has 1 aromatic carbocycles. The van der Waals surface area contributed by atoms with Gasteiger partial charge in [0.1, 0.15) is 0 Å². The number of benzene rings is 1. The van der Waals surface area contributed by atoms with Crippen molar-refractivity contribution >= 4 is 27.6 Å². The largest absolute Gasteiger partial charge is 0.550 e. The number of carbonyl (C=O) groups excluding carboxylic acids is 2. The number of carbonyl (C=O) groups is 2. The van der Waals surface area contributed by atoms with Crippen molar-refractivity contribution in [2.24, 2.45) is 0 Å². The van der Waals surface area contributed by atoms with Gasteiger partial charge >= 0.3 is 0 Å². The summed E-state index contributed by atoms with van der Waals surface area (Å²) in [5.41, 5.74) is 0.420. The average molecular weight is 325 g/mol. The van der Waals surface area contributed by atoms with E-state index in [1.807, 2.05) is 0 Å². The maximum absolute atomic E-state index is 12.3. The standard InChI is InChI=1S/C14H18N2O5S/c17-13(7-8-14(18)19)15-11-3-5-12(6-4-11)22(20,21)16-9-1-2-10-16/h3-6H,1-2,7-10H2,(H,15,17)(H,18,19)/p-1. The Morgan fingerprint density at radius 2 is 1.68 bits per heavy atom. The second-order valence-corrected chi connectivity index (χ2v) is 6.99. The maximum atomic E-state index is 12.3. The van der Waals surface area contributed by atoms with Crippen molar-refractivity contribution in [1.82, 2.24) is 4.31 Å². The first-order chi connectivity index (χ1) is 10.4. The van der Waals surface area contributed by atoms with Gasteiger partial charge in [-0.25, -0.2) is 8.42 Å². The molecule has 1 amide bonds. The average Bonchev–Trinajstić information content (AvgIpc) is 3.00. The number of amides is 1. The maximum Gasteiger partial charge on any atom is 0.243 e. The summed E-state index contributed by atoms with van der Waals surface area (Å²) >= 11 is 0. The van der Waals surface area contributed by atoms with Crippen LogP contribution in [0.25, 0.3) is 0 Å². The molecule has 0 aromatic heterocycles. The minimum Gasteiger partial charge on any atom is -0.550 e. The molecule has 1 N–H and O–H groups in total. The Labute approximate surface area is 129 Å². The third kappa shape index (κ3) is 4.05. The van der Waals surface area contributed by atoms with Crippen LogP contribution in [0.2, 0.25) is 0 Å². The van der Waals surface area contributed by atoms with Crippen molar-refractivity contribution in [3.8, 4) is 0 Å². The monoisotopic (exact) mass is 325 g/mol. The minimum atomic E-state index is -3.47. The Morgan fingerprint density at radius 1 is 1.09 bits per heavy atom. The van der Waals surface area contributed by atoms with Crippen LogP contribution in [0.1, 0.15) is 25.7 Å². The fourth-order valence-corrected chi connectivity index (χ4v) is 3.74. The first-order valence-corrected chi connectivity index (χ1v) is 8.43. The predicted molar refractivity (Wildman–Crippen MR) is 77.3 cm³/mol. The Hall–Kier alpha value is -1.93. The number of carboxylic acids is 1. The summed E-state index contributed by atoms with van der Waals surface area (Å²) in [5, 5.41) is 12.8. The molecule has 2 rings (SSSR count). The fraction of sp³-hybridized carbons (Fsp3) is 0.429. The number of anilines is 1. The molecule has 22 heavy (non-hydrogen) atoms. The van der Waals surface area contributed by atoms with Crippen molar-refractivity contribution in [1.29, 1.82) is 0 Å². The molecule has 0 saturated carbocycles. The van der Waals surface area contributed by atoms with Gasteiger partial charge in [0, 0.05) is 31.2 Å². The van der Waals surface area contributed by atoms with Gasteiger partial charge in [-0.3, -0.25) is 4.79 Å². The fourth-order valence-electron chi connectivity index (χ4n) is 2.23. The molecule has 1 saturated heterocycles. The molecule has 0 unspecified atom stereocenters. The van der Waals surface area contributed by atoms with Crippen molar-refractivity contribution in [3.05, 3.63) is 24.3 Å². The van der Waals surface area contributed by atoms with Gasteiger partial charge in [-0.1, -0.05) is 0 Å². The van der Waals surface area contributed by atoms with Gasteiger partial charge in [0.25, 0.3) is 0 Å². The third-order valence-corrected chi connectivity index (χ3v) is 5.31. The summed E-state index contributed by atoms with van der Waals surface area (Å²) in [6.07, 6.45) is 1.20. The van der Waals surface area contributed by atoms with Crippen molar-refractivity contribution in [3.63, 3.8) is 0 Å². The number of nitrogens with zero attached hydrogens (tertiary/aromatic N) is 1. The summed E-state index contributed by atoms with van der Waals surface area (Å²) in [5.74, 6) is -1.75. The van der Waals surface area contributed by atoms with Crippen LogP contribution in [0.4, 0.5) is 5.69 Å². The van der Waals surface area contributed by atoms with Crippen molar-refractivity contribution in [2.45, 2.75) is 30.6 Å². The lowest BCUT2D eigenvalue weighted by molar-refractivity contribution is -0.305. The number of carboxylic acid groups (broad SMARTS) is 1. The van der Waals surface area contributed by atoms with E-state index in [-0.39, 0.29) is 17.7 Å². The zero-order valence-corrected chi connectivity index (χ0v) is 12.8. The zero-order chi connectivity index (χ0) is 16.2. The Bertz CT molecular complexity index is 648. The van der Waals surface area contributed by atoms with E-state index in [1.54, 1.807) is 0 Å². The lowest BCUT2D eigenvalue weighted by Gasteiger charge is -2.15. The zero-order valence-electron chi connectivity index (χ0n) is 11.9. The predicted octanol–water partition coefficient (Wildman–Crippen LogP) is -0.0603. The van der Waals surface area contributed by atoms with Crippen LogP contribution in [0.5, 0.6) is 0 Å². The number of rotatable bonds is 6. The summed E-state index contributed by atoms with van der Waals surface area (Å²) in [6, 6.07) is 5.84.